The average Bonchev–Trinajstić information content (AvgIpc) is 2.80. The number of amides is 2. The van der Waals surface area contributed by atoms with Gasteiger partial charge in [-0.05, 0) is 25.5 Å². The fraction of sp³-hybridized carbons (Fsp3) is 0.538. The Morgan fingerprint density at radius 1 is 1.50 bits per heavy atom. The van der Waals surface area contributed by atoms with E-state index in [9.17, 15) is 9.59 Å². The van der Waals surface area contributed by atoms with Crippen LogP contribution in [0.25, 0.3) is 0 Å². The fourth-order valence-corrected chi connectivity index (χ4v) is 2.64. The minimum atomic E-state index is -0.942. The summed E-state index contributed by atoms with van der Waals surface area (Å²) in [6.07, 6.45) is 0.451. The van der Waals surface area contributed by atoms with Crippen molar-refractivity contribution in [2.24, 2.45) is 5.41 Å². The van der Waals surface area contributed by atoms with Crippen molar-refractivity contribution in [3.05, 3.63) is 21.3 Å². The topological polar surface area (TPSA) is 69.6 Å². The smallest absolute Gasteiger partial charge is 0.317 e. The van der Waals surface area contributed by atoms with E-state index in [1.807, 2.05) is 6.07 Å². The zero-order chi connectivity index (χ0) is 15.3. The first-order valence-electron chi connectivity index (χ1n) is 6.25. The lowest BCUT2D eigenvalue weighted by molar-refractivity contribution is -0.147. The van der Waals surface area contributed by atoms with Crippen LogP contribution in [0.4, 0.5) is 4.79 Å². The number of carboxylic acids is 1. The van der Waals surface area contributed by atoms with Gasteiger partial charge in [0.2, 0.25) is 0 Å². The van der Waals surface area contributed by atoms with Crippen molar-refractivity contribution < 1.29 is 14.7 Å². The van der Waals surface area contributed by atoms with Gasteiger partial charge < -0.3 is 15.3 Å². The zero-order valence-electron chi connectivity index (χ0n) is 11.8. The lowest BCUT2D eigenvalue weighted by atomic mass is 9.88. The zero-order valence-corrected chi connectivity index (χ0v) is 13.3. The lowest BCUT2D eigenvalue weighted by Crippen LogP contribution is -2.44. The highest BCUT2D eigenvalue weighted by Crippen LogP contribution is 2.23. The lowest BCUT2D eigenvalue weighted by Gasteiger charge is -2.25. The Bertz CT molecular complexity index is 492. The molecule has 2 amide bonds. The normalized spacial score (nSPS) is 13.6. The van der Waals surface area contributed by atoms with Gasteiger partial charge in [-0.2, -0.15) is 0 Å². The van der Waals surface area contributed by atoms with E-state index in [1.165, 1.54) is 16.2 Å². The summed E-state index contributed by atoms with van der Waals surface area (Å²) in [5, 5.41) is 11.8. The van der Waals surface area contributed by atoms with Crippen molar-refractivity contribution >= 4 is 34.9 Å². The molecule has 0 saturated carbocycles. The number of hydrogen-bond acceptors (Lipinski definition) is 3. The third-order valence-corrected chi connectivity index (χ3v) is 4.51. The van der Waals surface area contributed by atoms with E-state index in [2.05, 4.69) is 5.32 Å². The number of carboxylic acid groups (broad SMARTS) is 1. The van der Waals surface area contributed by atoms with Gasteiger partial charge in [-0.3, -0.25) is 4.79 Å². The Morgan fingerprint density at radius 3 is 2.60 bits per heavy atom. The molecule has 1 atom stereocenters. The molecule has 0 aliphatic rings. The maximum Gasteiger partial charge on any atom is 0.317 e. The van der Waals surface area contributed by atoms with Crippen LogP contribution in [0, 0.1) is 5.41 Å². The molecule has 0 bridgehead atoms. The van der Waals surface area contributed by atoms with Crippen LogP contribution in [0.3, 0.4) is 0 Å². The van der Waals surface area contributed by atoms with Gasteiger partial charge in [0.15, 0.2) is 0 Å². The third kappa shape index (κ3) is 4.38. The Balaban J connectivity index is 2.52. The van der Waals surface area contributed by atoms with Gasteiger partial charge in [0.25, 0.3) is 0 Å². The van der Waals surface area contributed by atoms with Crippen molar-refractivity contribution in [1.82, 2.24) is 10.2 Å². The first-order chi connectivity index (χ1) is 9.28. The number of nitrogens with zero attached hydrogens (tertiary/aromatic N) is 1. The quantitative estimate of drug-likeness (QED) is 0.847. The molecule has 7 heteroatoms. The average molecular weight is 319 g/mol. The minimum Gasteiger partial charge on any atom is -0.481 e. The van der Waals surface area contributed by atoms with Crippen LogP contribution in [0.5, 0.6) is 0 Å². The summed E-state index contributed by atoms with van der Waals surface area (Å²) in [7, 11) is 1.66. The van der Waals surface area contributed by atoms with E-state index in [0.717, 1.165) is 4.88 Å². The number of rotatable bonds is 6. The van der Waals surface area contributed by atoms with Crippen LogP contribution in [0.2, 0.25) is 4.34 Å². The second kappa shape index (κ2) is 6.95. The summed E-state index contributed by atoms with van der Waals surface area (Å²) in [6.45, 7) is 3.96. The van der Waals surface area contributed by atoms with Crippen molar-refractivity contribution in [3.63, 3.8) is 0 Å². The van der Waals surface area contributed by atoms with Crippen LogP contribution < -0.4 is 5.32 Å². The summed E-state index contributed by atoms with van der Waals surface area (Å²) in [5.41, 5.74) is -0.942. The van der Waals surface area contributed by atoms with Crippen molar-refractivity contribution in [3.8, 4) is 0 Å². The Morgan fingerprint density at radius 2 is 2.15 bits per heavy atom. The van der Waals surface area contributed by atoms with Crippen LogP contribution in [-0.4, -0.2) is 35.6 Å². The second-order valence-corrected chi connectivity index (χ2v) is 6.74. The first kappa shape index (κ1) is 16.8. The molecule has 20 heavy (non-hydrogen) atoms. The Kier molecular flexibility index (Phi) is 5.83. The number of hydrogen-bond donors (Lipinski definition) is 2. The van der Waals surface area contributed by atoms with Crippen LogP contribution in [-0.2, 0) is 11.3 Å². The maximum atomic E-state index is 11.9. The second-order valence-electron chi connectivity index (χ2n) is 4.94. The molecule has 0 radical (unpaired) electrons. The number of carbonyl (C=O) groups excluding carboxylic acids is 1. The molecule has 1 rings (SSSR count). The summed E-state index contributed by atoms with van der Waals surface area (Å²) in [4.78, 5) is 25.6. The summed E-state index contributed by atoms with van der Waals surface area (Å²) < 4.78 is 0.679. The number of urea groups is 1. The van der Waals surface area contributed by atoms with E-state index in [4.69, 9.17) is 16.7 Å². The number of thiophene rings is 1. The molecule has 0 aliphatic heterocycles. The molecule has 0 aromatic carbocycles. The summed E-state index contributed by atoms with van der Waals surface area (Å²) in [5.74, 6) is -0.909. The van der Waals surface area contributed by atoms with Crippen molar-refractivity contribution in [1.29, 1.82) is 0 Å². The van der Waals surface area contributed by atoms with E-state index in [1.54, 1.807) is 27.0 Å². The van der Waals surface area contributed by atoms with Gasteiger partial charge in [-0.25, -0.2) is 4.79 Å². The van der Waals surface area contributed by atoms with Crippen molar-refractivity contribution in [2.75, 3.05) is 13.6 Å². The summed E-state index contributed by atoms with van der Waals surface area (Å²) >= 11 is 7.25. The van der Waals surface area contributed by atoms with E-state index >= 15 is 0 Å². The van der Waals surface area contributed by atoms with Crippen LogP contribution >= 0.6 is 22.9 Å². The van der Waals surface area contributed by atoms with Gasteiger partial charge in [-0.15, -0.1) is 11.3 Å². The highest BCUT2D eigenvalue weighted by Gasteiger charge is 2.31. The molecule has 0 saturated heterocycles. The van der Waals surface area contributed by atoms with Crippen LogP contribution in [0.1, 0.15) is 25.1 Å². The predicted molar refractivity (Wildman–Crippen MR) is 80.2 cm³/mol. The van der Waals surface area contributed by atoms with Gasteiger partial charge in [0, 0.05) is 18.5 Å². The third-order valence-electron chi connectivity index (χ3n) is 3.29. The number of carbonyl (C=O) groups is 2. The molecular formula is C13H19ClN2O3S. The molecule has 0 spiro atoms. The molecule has 0 aliphatic carbocycles. The standard InChI is InChI=1S/C13H19ClN2O3S/c1-4-13(2,11(17)18)8-15-12(19)16(3)7-9-5-6-10(14)20-9/h5-6H,4,7-8H2,1-3H3,(H,15,19)(H,17,18). The monoisotopic (exact) mass is 318 g/mol. The number of nitrogens with one attached hydrogen (secondary N) is 1. The molecule has 5 nitrogen and oxygen atoms in total. The Labute approximate surface area is 127 Å². The predicted octanol–water partition coefficient (Wildman–Crippen LogP) is 3.04. The highest BCUT2D eigenvalue weighted by atomic mass is 35.5. The summed E-state index contributed by atoms with van der Waals surface area (Å²) in [6, 6.07) is 3.35. The highest BCUT2D eigenvalue weighted by molar-refractivity contribution is 7.16. The van der Waals surface area contributed by atoms with Gasteiger partial charge in [0.05, 0.1) is 16.3 Å². The largest absolute Gasteiger partial charge is 0.481 e. The molecule has 0 fully saturated rings. The van der Waals surface area contributed by atoms with Crippen LogP contribution in [0.15, 0.2) is 12.1 Å². The molecule has 1 heterocycles. The molecule has 1 aromatic heterocycles. The molecule has 112 valence electrons. The van der Waals surface area contributed by atoms with Crippen molar-refractivity contribution in [2.45, 2.75) is 26.8 Å². The number of halogens is 1. The maximum absolute atomic E-state index is 11.9. The van der Waals surface area contributed by atoms with Gasteiger partial charge >= 0.3 is 12.0 Å². The van der Waals surface area contributed by atoms with Gasteiger partial charge in [0.1, 0.15) is 0 Å². The SMILES string of the molecule is CCC(C)(CNC(=O)N(C)Cc1ccc(Cl)s1)C(=O)O. The van der Waals surface area contributed by atoms with Gasteiger partial charge in [-0.1, -0.05) is 18.5 Å². The minimum absolute atomic E-state index is 0.104. The Hall–Kier alpha value is -1.27. The molecular weight excluding hydrogens is 300 g/mol. The first-order valence-corrected chi connectivity index (χ1v) is 7.44. The van der Waals surface area contributed by atoms with E-state index < -0.39 is 11.4 Å². The van der Waals surface area contributed by atoms with E-state index in [-0.39, 0.29) is 12.6 Å². The fourth-order valence-electron chi connectivity index (χ4n) is 1.50. The molecule has 1 aromatic rings. The molecule has 2 N–H and O–H groups in total. The van der Waals surface area contributed by atoms with E-state index in [0.29, 0.717) is 17.3 Å². The number of aliphatic carboxylic acids is 1. The molecule has 1 unspecified atom stereocenters.